The molecule has 0 aliphatic heterocycles. The van der Waals surface area contributed by atoms with E-state index < -0.39 is 22.7 Å². The fraction of sp³-hybridized carbons (Fsp3) is 0.550. The van der Waals surface area contributed by atoms with Crippen LogP contribution in [-0.4, -0.2) is 22.9 Å². The normalized spacial score (nSPS) is 31.9. The van der Waals surface area contributed by atoms with E-state index in [0.29, 0.717) is 12.8 Å². The number of benzene rings is 1. The molecule has 4 atom stereocenters. The molecule has 0 spiro atoms. The van der Waals surface area contributed by atoms with E-state index in [1.165, 1.54) is 0 Å². The molecule has 2 fully saturated rings. The Morgan fingerprint density at radius 2 is 1.65 bits per heavy atom. The van der Waals surface area contributed by atoms with Gasteiger partial charge in [-0.2, -0.15) is 0 Å². The molecule has 140 valence electrons. The van der Waals surface area contributed by atoms with Crippen LogP contribution in [0.3, 0.4) is 0 Å². The van der Waals surface area contributed by atoms with Crippen molar-refractivity contribution < 1.29 is 19.5 Å². The third-order valence-corrected chi connectivity index (χ3v) is 6.68. The fourth-order valence-corrected chi connectivity index (χ4v) is 4.20. The lowest BCUT2D eigenvalue weighted by atomic mass is 9.65. The van der Waals surface area contributed by atoms with Crippen LogP contribution in [0.1, 0.15) is 51.5 Å². The SMILES string of the molecule is CC1(C)[C@H](C(=O)NNC(=O)[C@@H]2C[C@@H]2c2ccccc2)CC[C@@]1(C)C(=O)O. The van der Waals surface area contributed by atoms with E-state index in [4.69, 9.17) is 0 Å². The molecule has 0 bridgehead atoms. The van der Waals surface area contributed by atoms with Crippen LogP contribution in [-0.2, 0) is 14.4 Å². The number of carbonyl (C=O) groups excluding carboxylic acids is 2. The van der Waals surface area contributed by atoms with E-state index in [2.05, 4.69) is 10.9 Å². The molecule has 0 aromatic heterocycles. The molecule has 1 aromatic rings. The zero-order valence-electron chi connectivity index (χ0n) is 15.4. The molecule has 6 nitrogen and oxygen atoms in total. The van der Waals surface area contributed by atoms with Crippen LogP contribution >= 0.6 is 0 Å². The summed E-state index contributed by atoms with van der Waals surface area (Å²) in [5.41, 5.74) is 4.54. The largest absolute Gasteiger partial charge is 0.481 e. The number of aliphatic carboxylic acids is 1. The van der Waals surface area contributed by atoms with E-state index >= 15 is 0 Å². The number of carboxylic acid groups (broad SMARTS) is 1. The Labute approximate surface area is 153 Å². The second kappa shape index (κ2) is 6.41. The molecule has 0 saturated heterocycles. The smallest absolute Gasteiger partial charge is 0.309 e. The molecule has 0 heterocycles. The molecule has 3 rings (SSSR count). The Balaban J connectivity index is 1.55. The zero-order valence-corrected chi connectivity index (χ0v) is 15.4. The van der Waals surface area contributed by atoms with Crippen molar-refractivity contribution in [2.24, 2.45) is 22.7 Å². The Hall–Kier alpha value is -2.37. The van der Waals surface area contributed by atoms with Gasteiger partial charge in [0, 0.05) is 11.8 Å². The van der Waals surface area contributed by atoms with Crippen LogP contribution in [0.5, 0.6) is 0 Å². The van der Waals surface area contributed by atoms with Gasteiger partial charge < -0.3 is 5.11 Å². The molecule has 1 aromatic carbocycles. The Bertz CT molecular complexity index is 731. The summed E-state index contributed by atoms with van der Waals surface area (Å²) in [5.74, 6) is -1.77. The first-order chi connectivity index (χ1) is 12.2. The number of rotatable bonds is 4. The minimum absolute atomic E-state index is 0.126. The molecule has 2 saturated carbocycles. The van der Waals surface area contributed by atoms with Crippen LogP contribution in [0.15, 0.2) is 30.3 Å². The number of amides is 2. The predicted molar refractivity (Wildman–Crippen MR) is 95.8 cm³/mol. The molecule has 2 amide bonds. The summed E-state index contributed by atoms with van der Waals surface area (Å²) in [5, 5.41) is 9.54. The molecule has 3 N–H and O–H groups in total. The Morgan fingerprint density at radius 3 is 2.23 bits per heavy atom. The van der Waals surface area contributed by atoms with Gasteiger partial charge in [0.05, 0.1) is 5.41 Å². The highest BCUT2D eigenvalue weighted by Gasteiger charge is 2.58. The summed E-state index contributed by atoms with van der Waals surface area (Å²) in [6.07, 6.45) is 1.71. The van der Waals surface area contributed by atoms with E-state index in [-0.39, 0.29) is 23.7 Å². The highest BCUT2D eigenvalue weighted by molar-refractivity contribution is 5.88. The second-order valence-corrected chi connectivity index (χ2v) is 8.29. The van der Waals surface area contributed by atoms with Gasteiger partial charge in [0.15, 0.2) is 0 Å². The van der Waals surface area contributed by atoms with E-state index in [9.17, 15) is 19.5 Å². The van der Waals surface area contributed by atoms with Gasteiger partial charge in [0.2, 0.25) is 11.8 Å². The first-order valence-electron chi connectivity index (χ1n) is 9.06. The minimum Gasteiger partial charge on any atom is -0.481 e. The number of nitrogens with one attached hydrogen (secondary N) is 2. The van der Waals surface area contributed by atoms with Gasteiger partial charge in [0.1, 0.15) is 0 Å². The quantitative estimate of drug-likeness (QED) is 0.721. The van der Waals surface area contributed by atoms with Gasteiger partial charge in [-0.1, -0.05) is 44.2 Å². The minimum atomic E-state index is -0.950. The van der Waals surface area contributed by atoms with Gasteiger partial charge in [0.25, 0.3) is 0 Å². The van der Waals surface area contributed by atoms with Crippen molar-refractivity contribution in [1.82, 2.24) is 10.9 Å². The maximum absolute atomic E-state index is 12.6. The van der Waals surface area contributed by atoms with Crippen molar-refractivity contribution in [1.29, 1.82) is 0 Å². The Morgan fingerprint density at radius 1 is 1.04 bits per heavy atom. The summed E-state index contributed by atoms with van der Waals surface area (Å²) in [4.78, 5) is 36.5. The summed E-state index contributed by atoms with van der Waals surface area (Å²) in [6.45, 7) is 5.31. The van der Waals surface area contributed by atoms with E-state index in [0.717, 1.165) is 12.0 Å². The predicted octanol–water partition coefficient (Wildman–Crippen LogP) is 2.46. The number of hydrazine groups is 1. The fourth-order valence-electron chi connectivity index (χ4n) is 4.20. The van der Waals surface area contributed by atoms with Crippen LogP contribution in [0.2, 0.25) is 0 Å². The first-order valence-corrected chi connectivity index (χ1v) is 9.06. The van der Waals surface area contributed by atoms with Crippen LogP contribution < -0.4 is 10.9 Å². The molecule has 0 unspecified atom stereocenters. The first kappa shape index (κ1) is 18.4. The van der Waals surface area contributed by atoms with Crippen molar-refractivity contribution in [2.75, 3.05) is 0 Å². The summed E-state index contributed by atoms with van der Waals surface area (Å²) < 4.78 is 0. The van der Waals surface area contributed by atoms with Crippen molar-refractivity contribution in [2.45, 2.75) is 46.0 Å². The van der Waals surface area contributed by atoms with E-state index in [1.54, 1.807) is 6.92 Å². The molecule has 26 heavy (non-hydrogen) atoms. The highest BCUT2D eigenvalue weighted by atomic mass is 16.4. The second-order valence-electron chi connectivity index (χ2n) is 8.29. The zero-order chi connectivity index (χ0) is 19.1. The number of hydrogen-bond donors (Lipinski definition) is 3. The van der Waals surface area contributed by atoms with Crippen molar-refractivity contribution >= 4 is 17.8 Å². The lowest BCUT2D eigenvalue weighted by Gasteiger charge is -2.37. The molecule has 6 heteroatoms. The van der Waals surface area contributed by atoms with Crippen LogP contribution in [0.4, 0.5) is 0 Å². The summed E-state index contributed by atoms with van der Waals surface area (Å²) >= 11 is 0. The van der Waals surface area contributed by atoms with Gasteiger partial charge in [-0.3, -0.25) is 25.2 Å². The lowest BCUT2D eigenvalue weighted by molar-refractivity contribution is -0.155. The van der Waals surface area contributed by atoms with Gasteiger partial charge in [-0.25, -0.2) is 0 Å². The van der Waals surface area contributed by atoms with Gasteiger partial charge >= 0.3 is 5.97 Å². The number of carboxylic acids is 1. The molecule has 0 radical (unpaired) electrons. The third kappa shape index (κ3) is 2.97. The van der Waals surface area contributed by atoms with Crippen LogP contribution in [0, 0.1) is 22.7 Å². The van der Waals surface area contributed by atoms with Gasteiger partial charge in [-0.05, 0) is 43.1 Å². The van der Waals surface area contributed by atoms with Crippen molar-refractivity contribution in [3.63, 3.8) is 0 Å². The third-order valence-electron chi connectivity index (χ3n) is 6.68. The maximum atomic E-state index is 12.6. The number of carbonyl (C=O) groups is 3. The van der Waals surface area contributed by atoms with Crippen LogP contribution in [0.25, 0.3) is 0 Å². The molecular weight excluding hydrogens is 332 g/mol. The standard InChI is InChI=1S/C20H26N2O4/c1-19(2)15(9-10-20(19,3)18(25)26)17(24)22-21-16(23)14-11-13(14)12-7-5-4-6-8-12/h4-8,13-15H,9-11H2,1-3H3,(H,21,23)(H,22,24)(H,25,26)/t13-,14-,15+,20+/m1/s1. The highest BCUT2D eigenvalue weighted by Crippen LogP contribution is 2.56. The maximum Gasteiger partial charge on any atom is 0.309 e. The number of hydrogen-bond acceptors (Lipinski definition) is 3. The topological polar surface area (TPSA) is 95.5 Å². The average molecular weight is 358 g/mol. The van der Waals surface area contributed by atoms with Gasteiger partial charge in [-0.15, -0.1) is 0 Å². The molecule has 2 aliphatic carbocycles. The Kier molecular flexibility index (Phi) is 4.54. The average Bonchev–Trinajstić information content (AvgIpc) is 3.36. The van der Waals surface area contributed by atoms with Crippen molar-refractivity contribution in [3.05, 3.63) is 35.9 Å². The molecule has 2 aliphatic rings. The monoisotopic (exact) mass is 358 g/mol. The summed E-state index contributed by atoms with van der Waals surface area (Å²) in [7, 11) is 0. The van der Waals surface area contributed by atoms with Crippen molar-refractivity contribution in [3.8, 4) is 0 Å². The molecular formula is C20H26N2O4. The van der Waals surface area contributed by atoms with E-state index in [1.807, 2.05) is 44.2 Å². The lowest BCUT2D eigenvalue weighted by Crippen LogP contribution is -2.50. The summed E-state index contributed by atoms with van der Waals surface area (Å²) in [6, 6.07) is 9.85.